The first kappa shape index (κ1) is 35.4. The molecule has 241 valence electrons. The summed E-state index contributed by atoms with van der Waals surface area (Å²) in [4.78, 5) is 13.7. The van der Waals surface area contributed by atoms with Crippen molar-refractivity contribution in [2.45, 2.75) is 79.9 Å². The quantitative estimate of drug-likeness (QED) is 0.132. The maximum Gasteiger partial charge on any atom is 0.216 e. The van der Waals surface area contributed by atoms with Crippen molar-refractivity contribution in [1.29, 1.82) is 0 Å². The Kier molecular flexibility index (Phi) is 10.6. The summed E-state index contributed by atoms with van der Waals surface area (Å²) in [5.74, 6) is 0. The molecule has 4 nitrogen and oxygen atoms in total. The molecule has 0 aliphatic rings. The standard InChI is InChI=1S/C23H34NSi.C17H11N2O.Ir/c1-22(2,3)15-18-14-20(24-16-21(18)25(7,8)9)17-11-10-12-19(13-17)23(4,5)6;1-11-8-9-13-12-5-4-6-14(15-7-2-3-10-18-15)16(12)20-17(13)19-11;/h10,12-14,16H,15H2,1-9H3;2-5,7-10H,1H3;/q2*-1;. The molecule has 4 aromatic heterocycles. The second kappa shape index (κ2) is 13.7. The number of fused-ring (bicyclic) bond motifs is 3. The van der Waals surface area contributed by atoms with Crippen molar-refractivity contribution < 1.29 is 24.5 Å². The molecule has 1 radical (unpaired) electrons. The van der Waals surface area contributed by atoms with Gasteiger partial charge in [-0.15, -0.1) is 53.6 Å². The largest absolute Gasteiger partial charge is 0.486 e. The van der Waals surface area contributed by atoms with Crippen LogP contribution in [0, 0.1) is 24.5 Å². The topological polar surface area (TPSA) is 51.8 Å². The van der Waals surface area contributed by atoms with E-state index in [9.17, 15) is 0 Å². The van der Waals surface area contributed by atoms with Crippen molar-refractivity contribution in [3.05, 3.63) is 108 Å². The van der Waals surface area contributed by atoms with E-state index in [0.29, 0.717) is 5.71 Å². The summed E-state index contributed by atoms with van der Waals surface area (Å²) < 4.78 is 5.94. The number of rotatable bonds is 4. The van der Waals surface area contributed by atoms with E-state index in [1.165, 1.54) is 16.3 Å². The van der Waals surface area contributed by atoms with Gasteiger partial charge in [0.1, 0.15) is 0 Å². The minimum absolute atomic E-state index is 0. The van der Waals surface area contributed by atoms with Crippen LogP contribution in [0.25, 0.3) is 44.6 Å². The van der Waals surface area contributed by atoms with Gasteiger partial charge in [0.25, 0.3) is 0 Å². The van der Waals surface area contributed by atoms with Gasteiger partial charge in [-0.2, -0.15) is 0 Å². The molecule has 0 aliphatic carbocycles. The molecule has 4 heterocycles. The molecule has 0 saturated carbocycles. The van der Waals surface area contributed by atoms with Gasteiger partial charge in [-0.1, -0.05) is 95.9 Å². The molecule has 6 rings (SSSR count). The van der Waals surface area contributed by atoms with Crippen LogP contribution in [0.1, 0.15) is 58.4 Å². The molecule has 2 aromatic carbocycles. The molecule has 0 N–H and O–H groups in total. The molecule has 6 heteroatoms. The molecule has 0 aliphatic heterocycles. The van der Waals surface area contributed by atoms with Crippen LogP contribution in [-0.2, 0) is 31.9 Å². The maximum atomic E-state index is 5.94. The maximum absolute atomic E-state index is 5.94. The Hall–Kier alpha value is -3.44. The van der Waals surface area contributed by atoms with E-state index in [-0.39, 0.29) is 30.9 Å². The van der Waals surface area contributed by atoms with Crippen LogP contribution in [-0.4, -0.2) is 23.0 Å². The Morgan fingerprint density at radius 1 is 0.804 bits per heavy atom. The summed E-state index contributed by atoms with van der Waals surface area (Å²) in [7, 11) is -1.42. The fourth-order valence-corrected chi connectivity index (χ4v) is 7.11. The average molecular weight is 804 g/mol. The SMILES string of the molecule is CC(C)(C)Cc1cc(-c2[c-]ccc(C(C)(C)C)c2)ncc1[Si](C)(C)C.Cc1ccc2c(n1)oc1c(-c3ccccn3)[c-]ccc12.[Ir]. The molecule has 0 unspecified atom stereocenters. The second-order valence-electron chi connectivity index (χ2n) is 15.2. The average Bonchev–Trinajstić information content (AvgIpc) is 3.34. The molecular formula is C40H45IrN3OSi-2. The minimum Gasteiger partial charge on any atom is -0.486 e. The Balaban J connectivity index is 0.000000208. The number of aryl methyl sites for hydroxylation is 1. The third-order valence-electron chi connectivity index (χ3n) is 7.82. The van der Waals surface area contributed by atoms with E-state index in [2.05, 4.69) is 108 Å². The minimum atomic E-state index is -1.42. The number of hydrogen-bond donors (Lipinski definition) is 0. The van der Waals surface area contributed by atoms with Gasteiger partial charge in [-0.25, -0.2) is 4.98 Å². The van der Waals surface area contributed by atoms with Gasteiger partial charge in [0.15, 0.2) is 0 Å². The van der Waals surface area contributed by atoms with E-state index in [1.54, 1.807) is 6.20 Å². The number of pyridine rings is 3. The normalized spacial score (nSPS) is 12.0. The number of aromatic nitrogens is 3. The molecule has 6 aromatic rings. The van der Waals surface area contributed by atoms with Crippen LogP contribution in [0.2, 0.25) is 19.6 Å². The fraction of sp³-hybridized carbons (Fsp3) is 0.325. The van der Waals surface area contributed by atoms with Gasteiger partial charge >= 0.3 is 0 Å². The molecule has 0 atom stereocenters. The molecule has 46 heavy (non-hydrogen) atoms. The molecule has 0 amide bonds. The van der Waals surface area contributed by atoms with E-state index in [4.69, 9.17) is 9.40 Å². The zero-order valence-electron chi connectivity index (χ0n) is 28.8. The van der Waals surface area contributed by atoms with Gasteiger partial charge in [0.2, 0.25) is 5.71 Å². The predicted molar refractivity (Wildman–Crippen MR) is 192 cm³/mol. The van der Waals surface area contributed by atoms with Crippen molar-refractivity contribution in [1.82, 2.24) is 15.0 Å². The number of benzene rings is 2. The van der Waals surface area contributed by atoms with Crippen LogP contribution >= 0.6 is 0 Å². The summed E-state index contributed by atoms with van der Waals surface area (Å²) in [6.07, 6.45) is 4.99. The van der Waals surface area contributed by atoms with Crippen molar-refractivity contribution in [3.8, 4) is 22.5 Å². The summed E-state index contributed by atoms with van der Waals surface area (Å²) in [6, 6.07) is 29.1. The first-order valence-electron chi connectivity index (χ1n) is 15.7. The second-order valence-corrected chi connectivity index (χ2v) is 20.2. The summed E-state index contributed by atoms with van der Waals surface area (Å²) >= 11 is 0. The summed E-state index contributed by atoms with van der Waals surface area (Å²) in [5, 5.41) is 3.56. The van der Waals surface area contributed by atoms with Crippen LogP contribution in [0.3, 0.4) is 0 Å². The first-order chi connectivity index (χ1) is 21.1. The molecular weight excluding hydrogens is 759 g/mol. The van der Waals surface area contributed by atoms with Crippen molar-refractivity contribution in [3.63, 3.8) is 0 Å². The summed E-state index contributed by atoms with van der Waals surface area (Å²) in [5.41, 5.74) is 9.47. The smallest absolute Gasteiger partial charge is 0.216 e. The summed E-state index contributed by atoms with van der Waals surface area (Å²) in [6.45, 7) is 22.9. The van der Waals surface area contributed by atoms with Crippen LogP contribution in [0.5, 0.6) is 0 Å². The van der Waals surface area contributed by atoms with Crippen LogP contribution in [0.15, 0.2) is 83.5 Å². The molecule has 0 fully saturated rings. The third kappa shape index (κ3) is 8.28. The third-order valence-corrected chi connectivity index (χ3v) is 9.89. The van der Waals surface area contributed by atoms with Gasteiger partial charge in [-0.3, -0.25) is 0 Å². The van der Waals surface area contributed by atoms with E-state index in [0.717, 1.165) is 51.0 Å². The van der Waals surface area contributed by atoms with Crippen LogP contribution < -0.4 is 5.19 Å². The number of furan rings is 1. The monoisotopic (exact) mass is 804 g/mol. The van der Waals surface area contributed by atoms with Crippen molar-refractivity contribution in [2.24, 2.45) is 5.41 Å². The number of nitrogens with zero attached hydrogens (tertiary/aromatic N) is 3. The van der Waals surface area contributed by atoms with E-state index < -0.39 is 8.07 Å². The van der Waals surface area contributed by atoms with Gasteiger partial charge in [-0.05, 0) is 58.9 Å². The Morgan fingerprint density at radius 2 is 1.54 bits per heavy atom. The van der Waals surface area contributed by atoms with E-state index in [1.807, 2.05) is 55.5 Å². The zero-order valence-corrected chi connectivity index (χ0v) is 32.2. The Bertz CT molecular complexity index is 1940. The predicted octanol–water partition coefficient (Wildman–Crippen LogP) is 10.1. The number of hydrogen-bond acceptors (Lipinski definition) is 4. The van der Waals surface area contributed by atoms with E-state index >= 15 is 0 Å². The van der Waals surface area contributed by atoms with Crippen molar-refractivity contribution >= 4 is 35.3 Å². The first-order valence-corrected chi connectivity index (χ1v) is 19.2. The Morgan fingerprint density at radius 3 is 2.20 bits per heavy atom. The van der Waals surface area contributed by atoms with Crippen molar-refractivity contribution in [2.75, 3.05) is 0 Å². The molecule has 0 spiro atoms. The molecule has 0 bridgehead atoms. The van der Waals surface area contributed by atoms with Gasteiger partial charge in [0.05, 0.1) is 13.7 Å². The van der Waals surface area contributed by atoms with Gasteiger partial charge in [0, 0.05) is 43.6 Å². The fourth-order valence-electron chi connectivity index (χ4n) is 5.53. The van der Waals surface area contributed by atoms with Crippen LogP contribution in [0.4, 0.5) is 0 Å². The van der Waals surface area contributed by atoms with Gasteiger partial charge < -0.3 is 14.4 Å². The zero-order chi connectivity index (χ0) is 32.6. The Labute approximate surface area is 289 Å². The molecule has 0 saturated heterocycles.